The maximum Gasteiger partial charge on any atom is 0.162 e. The van der Waals surface area contributed by atoms with Gasteiger partial charge in [-0.25, -0.2) is 0 Å². The van der Waals surface area contributed by atoms with Gasteiger partial charge in [-0.15, -0.1) is 5.10 Å². The monoisotopic (exact) mass is 445 g/mol. The molecule has 33 heavy (non-hydrogen) atoms. The van der Waals surface area contributed by atoms with Crippen LogP contribution in [0.25, 0.3) is 16.5 Å². The zero-order chi connectivity index (χ0) is 23.7. The molecule has 4 aromatic rings. The molecular weight excluding hydrogens is 414 g/mol. The summed E-state index contributed by atoms with van der Waals surface area (Å²) in [6, 6.07) is 14.2. The molecule has 0 spiro atoms. The molecule has 0 bridgehead atoms. The van der Waals surface area contributed by atoms with E-state index in [4.69, 9.17) is 9.47 Å². The molecule has 0 saturated heterocycles. The average molecular weight is 446 g/mol. The summed E-state index contributed by atoms with van der Waals surface area (Å²) in [7, 11) is 5.74. The Kier molecular flexibility index (Phi) is 6.14. The minimum Gasteiger partial charge on any atom is -0.494 e. The van der Waals surface area contributed by atoms with Gasteiger partial charge in [0.2, 0.25) is 0 Å². The SMILES string of the molecule is CCOc1ccc(-n2c(C)c3c(C)nnc(Nc4ccc(N(C)C)cc4)c3c2C)c(OC)c1. The van der Waals surface area contributed by atoms with Gasteiger partial charge in [0.05, 0.1) is 25.1 Å². The summed E-state index contributed by atoms with van der Waals surface area (Å²) in [6.07, 6.45) is 0. The number of rotatable bonds is 7. The maximum absolute atomic E-state index is 5.73. The molecule has 0 amide bonds. The topological polar surface area (TPSA) is 64.4 Å². The predicted octanol–water partition coefficient (Wildman–Crippen LogP) is 5.56. The van der Waals surface area contributed by atoms with Crippen LogP contribution in [0.3, 0.4) is 0 Å². The summed E-state index contributed by atoms with van der Waals surface area (Å²) in [5, 5.41) is 14.6. The van der Waals surface area contributed by atoms with Gasteiger partial charge in [0.15, 0.2) is 5.82 Å². The largest absolute Gasteiger partial charge is 0.494 e. The van der Waals surface area contributed by atoms with Crippen molar-refractivity contribution in [1.29, 1.82) is 0 Å². The van der Waals surface area contributed by atoms with Crippen molar-refractivity contribution in [2.75, 3.05) is 38.0 Å². The van der Waals surface area contributed by atoms with Crippen molar-refractivity contribution >= 4 is 28.0 Å². The van der Waals surface area contributed by atoms with Gasteiger partial charge in [-0.1, -0.05) is 0 Å². The Bertz CT molecular complexity index is 1290. The van der Waals surface area contributed by atoms with Gasteiger partial charge in [-0.3, -0.25) is 0 Å². The molecule has 4 rings (SSSR count). The van der Waals surface area contributed by atoms with Crippen LogP contribution in [0.2, 0.25) is 0 Å². The van der Waals surface area contributed by atoms with Gasteiger partial charge in [0.1, 0.15) is 11.5 Å². The van der Waals surface area contributed by atoms with Crippen LogP contribution in [0.5, 0.6) is 11.5 Å². The number of fused-ring (bicyclic) bond motifs is 1. The number of hydrogen-bond donors (Lipinski definition) is 1. The van der Waals surface area contributed by atoms with E-state index < -0.39 is 0 Å². The highest BCUT2D eigenvalue weighted by Gasteiger charge is 2.21. The van der Waals surface area contributed by atoms with Crippen LogP contribution >= 0.6 is 0 Å². The zero-order valence-corrected chi connectivity index (χ0v) is 20.4. The normalized spacial score (nSPS) is 11.0. The van der Waals surface area contributed by atoms with E-state index in [1.807, 2.05) is 46.1 Å². The highest BCUT2D eigenvalue weighted by atomic mass is 16.5. The highest BCUT2D eigenvalue weighted by Crippen LogP contribution is 2.38. The minimum absolute atomic E-state index is 0.606. The van der Waals surface area contributed by atoms with Crippen LogP contribution < -0.4 is 19.7 Å². The second-order valence-corrected chi connectivity index (χ2v) is 8.22. The number of hydrogen-bond acceptors (Lipinski definition) is 6. The Morgan fingerprint density at radius 1 is 0.939 bits per heavy atom. The van der Waals surface area contributed by atoms with Gasteiger partial charge >= 0.3 is 0 Å². The van der Waals surface area contributed by atoms with Crippen molar-refractivity contribution in [1.82, 2.24) is 14.8 Å². The van der Waals surface area contributed by atoms with Crippen LogP contribution in [0.15, 0.2) is 42.5 Å². The van der Waals surface area contributed by atoms with Gasteiger partial charge < -0.3 is 24.3 Å². The fourth-order valence-corrected chi connectivity index (χ4v) is 4.32. The lowest BCUT2D eigenvalue weighted by molar-refractivity contribution is 0.336. The molecule has 7 heteroatoms. The van der Waals surface area contributed by atoms with E-state index in [0.717, 1.165) is 62.2 Å². The van der Waals surface area contributed by atoms with Gasteiger partial charge in [-0.2, -0.15) is 5.10 Å². The third kappa shape index (κ3) is 4.06. The summed E-state index contributed by atoms with van der Waals surface area (Å²) < 4.78 is 13.6. The zero-order valence-electron chi connectivity index (χ0n) is 20.4. The molecule has 0 unspecified atom stereocenters. The number of nitrogens with zero attached hydrogens (tertiary/aromatic N) is 4. The van der Waals surface area contributed by atoms with E-state index in [2.05, 4.69) is 63.1 Å². The lowest BCUT2D eigenvalue weighted by atomic mass is 10.1. The third-order valence-electron chi connectivity index (χ3n) is 5.89. The number of aromatic nitrogens is 3. The van der Waals surface area contributed by atoms with Gasteiger partial charge in [0.25, 0.3) is 0 Å². The first-order valence-electron chi connectivity index (χ1n) is 11.1. The molecule has 0 saturated carbocycles. The number of ether oxygens (including phenoxy) is 2. The number of aryl methyl sites for hydroxylation is 3. The first-order valence-corrected chi connectivity index (χ1v) is 11.1. The van der Waals surface area contributed by atoms with Crippen molar-refractivity contribution in [2.24, 2.45) is 0 Å². The van der Waals surface area contributed by atoms with Crippen LogP contribution in [0.4, 0.5) is 17.2 Å². The molecule has 0 aliphatic carbocycles. The van der Waals surface area contributed by atoms with Crippen molar-refractivity contribution in [3.8, 4) is 17.2 Å². The van der Waals surface area contributed by atoms with Crippen molar-refractivity contribution in [2.45, 2.75) is 27.7 Å². The van der Waals surface area contributed by atoms with Crippen LogP contribution in [-0.4, -0.2) is 42.6 Å². The smallest absolute Gasteiger partial charge is 0.162 e. The van der Waals surface area contributed by atoms with E-state index in [9.17, 15) is 0 Å². The summed E-state index contributed by atoms with van der Waals surface area (Å²) in [4.78, 5) is 2.07. The molecular formula is C26H31N5O2. The Hall–Kier alpha value is -3.74. The summed E-state index contributed by atoms with van der Waals surface area (Å²) in [6.45, 7) is 8.78. The lowest BCUT2D eigenvalue weighted by Crippen LogP contribution is -2.08. The fourth-order valence-electron chi connectivity index (χ4n) is 4.32. The number of anilines is 3. The molecule has 7 nitrogen and oxygen atoms in total. The minimum atomic E-state index is 0.606. The standard InChI is InChI=1S/C26H31N5O2/c1-8-33-21-13-14-22(23(15-21)32-7)31-17(3)24-16(2)28-29-26(25(24)18(31)4)27-19-9-11-20(12-10-19)30(5)6/h9-15H,8H2,1-7H3,(H,27,29). The Morgan fingerprint density at radius 3 is 2.27 bits per heavy atom. The molecule has 0 radical (unpaired) electrons. The summed E-state index contributed by atoms with van der Waals surface area (Å²) in [5.41, 5.74) is 6.10. The lowest BCUT2D eigenvalue weighted by Gasteiger charge is -2.15. The predicted molar refractivity (Wildman–Crippen MR) is 135 cm³/mol. The van der Waals surface area contributed by atoms with Crippen molar-refractivity contribution in [3.63, 3.8) is 0 Å². The summed E-state index contributed by atoms with van der Waals surface area (Å²) in [5.74, 6) is 2.27. The van der Waals surface area contributed by atoms with Crippen molar-refractivity contribution < 1.29 is 9.47 Å². The number of nitrogens with one attached hydrogen (secondary N) is 1. The molecule has 0 atom stereocenters. The fraction of sp³-hybridized carbons (Fsp3) is 0.308. The average Bonchev–Trinajstić information content (AvgIpc) is 3.07. The first kappa shape index (κ1) is 22.5. The highest BCUT2D eigenvalue weighted by molar-refractivity contribution is 5.99. The molecule has 2 aromatic carbocycles. The Balaban J connectivity index is 1.85. The van der Waals surface area contributed by atoms with E-state index in [1.54, 1.807) is 7.11 Å². The maximum atomic E-state index is 5.73. The molecule has 0 aliphatic heterocycles. The van der Waals surface area contributed by atoms with E-state index in [1.165, 1.54) is 0 Å². The molecule has 0 fully saturated rings. The van der Waals surface area contributed by atoms with Gasteiger partial charge in [-0.05, 0) is 64.1 Å². The molecule has 172 valence electrons. The number of benzene rings is 2. The van der Waals surface area contributed by atoms with Crippen LogP contribution in [0.1, 0.15) is 24.0 Å². The Labute approximate surface area is 195 Å². The van der Waals surface area contributed by atoms with E-state index >= 15 is 0 Å². The number of methoxy groups -OCH3 is 1. The first-order chi connectivity index (χ1) is 15.8. The molecule has 0 aliphatic rings. The third-order valence-corrected chi connectivity index (χ3v) is 5.89. The summed E-state index contributed by atoms with van der Waals surface area (Å²) >= 11 is 0. The molecule has 1 N–H and O–H groups in total. The quantitative estimate of drug-likeness (QED) is 0.402. The Morgan fingerprint density at radius 2 is 1.64 bits per heavy atom. The molecule has 2 heterocycles. The van der Waals surface area contributed by atoms with Crippen molar-refractivity contribution in [3.05, 3.63) is 59.5 Å². The van der Waals surface area contributed by atoms with E-state index in [0.29, 0.717) is 6.61 Å². The molecule has 2 aromatic heterocycles. The second kappa shape index (κ2) is 9.02. The van der Waals surface area contributed by atoms with Crippen LogP contribution in [0, 0.1) is 20.8 Å². The second-order valence-electron chi connectivity index (χ2n) is 8.22. The van der Waals surface area contributed by atoms with Crippen LogP contribution in [-0.2, 0) is 0 Å². The van der Waals surface area contributed by atoms with E-state index in [-0.39, 0.29) is 0 Å². The van der Waals surface area contributed by atoms with Gasteiger partial charge in [0, 0.05) is 53.7 Å².